The van der Waals surface area contributed by atoms with E-state index in [2.05, 4.69) is 10.3 Å². The summed E-state index contributed by atoms with van der Waals surface area (Å²) in [6, 6.07) is 5.91. The molecular formula is C19H26N2O2. The Bertz CT molecular complexity index is 651. The van der Waals surface area contributed by atoms with E-state index in [-0.39, 0.29) is 5.75 Å². The molecule has 0 bridgehead atoms. The molecule has 0 spiro atoms. The standard InChI is InChI=1S/C19H26N2O2/c1-23-13-16-10-15(12-20-11-14-6-3-2-4-7-14)19(22)18-17(16)8-5-9-21-18/h5,8-10,14,20,22H,2-4,6-7,11-13H2,1H3. The maximum atomic E-state index is 10.5. The largest absolute Gasteiger partial charge is 0.505 e. The van der Waals surface area contributed by atoms with Crippen LogP contribution < -0.4 is 5.32 Å². The van der Waals surface area contributed by atoms with Crippen LogP contribution in [0.1, 0.15) is 43.2 Å². The summed E-state index contributed by atoms with van der Waals surface area (Å²) >= 11 is 0. The number of phenolic OH excluding ortho intramolecular Hbond substituents is 1. The van der Waals surface area contributed by atoms with Crippen LogP contribution in [0.3, 0.4) is 0 Å². The quantitative estimate of drug-likeness (QED) is 0.852. The molecule has 2 N–H and O–H groups in total. The number of benzene rings is 1. The van der Waals surface area contributed by atoms with Gasteiger partial charge in [-0.05, 0) is 43.0 Å². The topological polar surface area (TPSA) is 54.4 Å². The fourth-order valence-corrected chi connectivity index (χ4v) is 3.57. The van der Waals surface area contributed by atoms with E-state index in [1.54, 1.807) is 13.3 Å². The van der Waals surface area contributed by atoms with Crippen LogP contribution in [0.15, 0.2) is 24.4 Å². The third-order valence-corrected chi connectivity index (χ3v) is 4.80. The van der Waals surface area contributed by atoms with Crippen molar-refractivity contribution in [1.82, 2.24) is 10.3 Å². The summed E-state index contributed by atoms with van der Waals surface area (Å²) in [6.07, 6.45) is 8.47. The predicted molar refractivity (Wildman–Crippen MR) is 92.4 cm³/mol. The van der Waals surface area contributed by atoms with Gasteiger partial charge < -0.3 is 15.2 Å². The second kappa shape index (κ2) is 7.75. The third kappa shape index (κ3) is 3.82. The number of hydrogen-bond donors (Lipinski definition) is 2. The normalized spacial score (nSPS) is 16.0. The van der Waals surface area contributed by atoms with Crippen LogP contribution in [0, 0.1) is 5.92 Å². The summed E-state index contributed by atoms with van der Waals surface area (Å²) in [5.74, 6) is 1.07. The molecule has 0 atom stereocenters. The number of methoxy groups -OCH3 is 1. The minimum absolute atomic E-state index is 0.289. The van der Waals surface area contributed by atoms with Crippen LogP contribution in [0.5, 0.6) is 5.75 Å². The average Bonchev–Trinajstić information content (AvgIpc) is 2.60. The van der Waals surface area contributed by atoms with Crippen molar-refractivity contribution >= 4 is 10.9 Å². The highest BCUT2D eigenvalue weighted by Gasteiger charge is 2.15. The highest BCUT2D eigenvalue weighted by atomic mass is 16.5. The van der Waals surface area contributed by atoms with Gasteiger partial charge in [0.1, 0.15) is 11.3 Å². The lowest BCUT2D eigenvalue weighted by Crippen LogP contribution is -2.24. The highest BCUT2D eigenvalue weighted by Crippen LogP contribution is 2.30. The van der Waals surface area contributed by atoms with E-state index < -0.39 is 0 Å². The van der Waals surface area contributed by atoms with Crippen molar-refractivity contribution in [2.24, 2.45) is 5.92 Å². The lowest BCUT2D eigenvalue weighted by Gasteiger charge is -2.22. The molecule has 0 aliphatic heterocycles. The van der Waals surface area contributed by atoms with Gasteiger partial charge in [0, 0.05) is 30.8 Å². The van der Waals surface area contributed by atoms with Crippen molar-refractivity contribution in [3.8, 4) is 5.75 Å². The van der Waals surface area contributed by atoms with Gasteiger partial charge in [-0.1, -0.05) is 25.3 Å². The fourth-order valence-electron chi connectivity index (χ4n) is 3.57. The van der Waals surface area contributed by atoms with E-state index in [1.807, 2.05) is 18.2 Å². The molecule has 0 saturated heterocycles. The maximum Gasteiger partial charge on any atom is 0.146 e. The molecule has 1 aliphatic carbocycles. The second-order valence-corrected chi connectivity index (χ2v) is 6.51. The predicted octanol–water partition coefficient (Wildman–Crippen LogP) is 3.76. The lowest BCUT2D eigenvalue weighted by molar-refractivity contribution is 0.186. The number of fused-ring (bicyclic) bond motifs is 1. The number of aromatic nitrogens is 1. The smallest absolute Gasteiger partial charge is 0.146 e. The molecule has 1 aliphatic rings. The molecule has 1 fully saturated rings. The van der Waals surface area contributed by atoms with Crippen molar-refractivity contribution in [2.75, 3.05) is 13.7 Å². The van der Waals surface area contributed by atoms with Gasteiger partial charge >= 0.3 is 0 Å². The minimum atomic E-state index is 0.289. The van der Waals surface area contributed by atoms with E-state index in [0.717, 1.165) is 29.0 Å². The Hall–Kier alpha value is -1.65. The van der Waals surface area contributed by atoms with Crippen molar-refractivity contribution < 1.29 is 9.84 Å². The molecule has 1 aromatic carbocycles. The molecule has 1 aromatic heterocycles. The number of pyridine rings is 1. The van der Waals surface area contributed by atoms with Gasteiger partial charge in [-0.15, -0.1) is 0 Å². The Morgan fingerprint density at radius 3 is 2.87 bits per heavy atom. The molecule has 23 heavy (non-hydrogen) atoms. The van der Waals surface area contributed by atoms with Gasteiger partial charge in [-0.3, -0.25) is 4.98 Å². The van der Waals surface area contributed by atoms with Gasteiger partial charge in [-0.25, -0.2) is 0 Å². The molecule has 124 valence electrons. The Morgan fingerprint density at radius 1 is 1.26 bits per heavy atom. The molecule has 4 nitrogen and oxygen atoms in total. The summed E-state index contributed by atoms with van der Waals surface area (Å²) < 4.78 is 5.30. The molecule has 4 heteroatoms. The Labute approximate surface area is 137 Å². The molecule has 0 unspecified atom stereocenters. The van der Waals surface area contributed by atoms with Gasteiger partial charge in [0.25, 0.3) is 0 Å². The van der Waals surface area contributed by atoms with E-state index in [1.165, 1.54) is 32.1 Å². The van der Waals surface area contributed by atoms with Crippen LogP contribution in [-0.4, -0.2) is 23.7 Å². The first-order valence-electron chi connectivity index (χ1n) is 8.57. The summed E-state index contributed by atoms with van der Waals surface area (Å²) in [5.41, 5.74) is 2.64. The van der Waals surface area contributed by atoms with Crippen molar-refractivity contribution in [3.63, 3.8) is 0 Å². The molecular weight excluding hydrogens is 288 g/mol. The van der Waals surface area contributed by atoms with Gasteiger partial charge in [-0.2, -0.15) is 0 Å². The number of rotatable bonds is 6. The van der Waals surface area contributed by atoms with Crippen LogP contribution in [-0.2, 0) is 17.9 Å². The lowest BCUT2D eigenvalue weighted by atomic mass is 9.89. The summed E-state index contributed by atoms with van der Waals surface area (Å²) in [6.45, 7) is 2.23. The fraction of sp³-hybridized carbons (Fsp3) is 0.526. The molecule has 0 amide bonds. The number of phenols is 1. The zero-order chi connectivity index (χ0) is 16.1. The van der Waals surface area contributed by atoms with Gasteiger partial charge in [0.15, 0.2) is 0 Å². The number of nitrogens with one attached hydrogen (secondary N) is 1. The van der Waals surface area contributed by atoms with Crippen molar-refractivity contribution in [1.29, 1.82) is 0 Å². The molecule has 1 heterocycles. The molecule has 3 rings (SSSR count). The number of ether oxygens (including phenoxy) is 1. The number of nitrogens with zero attached hydrogens (tertiary/aromatic N) is 1. The van der Waals surface area contributed by atoms with E-state index >= 15 is 0 Å². The zero-order valence-corrected chi connectivity index (χ0v) is 13.8. The maximum absolute atomic E-state index is 10.5. The Kier molecular flexibility index (Phi) is 5.47. The average molecular weight is 314 g/mol. The SMILES string of the molecule is COCc1cc(CNCC2CCCCC2)c(O)c2ncccc12. The van der Waals surface area contributed by atoms with Crippen LogP contribution in [0.2, 0.25) is 0 Å². The summed E-state index contributed by atoms with van der Waals surface area (Å²) in [4.78, 5) is 4.35. The monoisotopic (exact) mass is 314 g/mol. The molecule has 2 aromatic rings. The van der Waals surface area contributed by atoms with Crippen molar-refractivity contribution in [3.05, 3.63) is 35.5 Å². The van der Waals surface area contributed by atoms with E-state index in [9.17, 15) is 5.11 Å². The first-order chi connectivity index (χ1) is 11.3. The van der Waals surface area contributed by atoms with Crippen LogP contribution in [0.4, 0.5) is 0 Å². The molecule has 0 radical (unpaired) electrons. The second-order valence-electron chi connectivity index (χ2n) is 6.51. The summed E-state index contributed by atoms with van der Waals surface area (Å²) in [5, 5.41) is 15.0. The summed E-state index contributed by atoms with van der Waals surface area (Å²) in [7, 11) is 1.69. The minimum Gasteiger partial charge on any atom is -0.505 e. The third-order valence-electron chi connectivity index (χ3n) is 4.80. The highest BCUT2D eigenvalue weighted by molar-refractivity contribution is 5.88. The van der Waals surface area contributed by atoms with Gasteiger partial charge in [0.05, 0.1) is 6.61 Å². The number of hydrogen-bond acceptors (Lipinski definition) is 4. The first-order valence-corrected chi connectivity index (χ1v) is 8.57. The van der Waals surface area contributed by atoms with Crippen molar-refractivity contribution in [2.45, 2.75) is 45.3 Å². The number of aromatic hydroxyl groups is 1. The van der Waals surface area contributed by atoms with Gasteiger partial charge in [0.2, 0.25) is 0 Å². The zero-order valence-electron chi connectivity index (χ0n) is 13.8. The Balaban J connectivity index is 1.75. The van der Waals surface area contributed by atoms with Crippen LogP contribution >= 0.6 is 0 Å². The van der Waals surface area contributed by atoms with Crippen LogP contribution in [0.25, 0.3) is 10.9 Å². The first kappa shape index (κ1) is 16.2. The Morgan fingerprint density at radius 2 is 2.09 bits per heavy atom. The van der Waals surface area contributed by atoms with E-state index in [4.69, 9.17) is 4.74 Å². The van der Waals surface area contributed by atoms with E-state index in [0.29, 0.717) is 18.7 Å². The molecule has 1 saturated carbocycles.